The highest BCUT2D eigenvalue weighted by atomic mass is 28.3. The quantitative estimate of drug-likeness (QED) is 0.465. The monoisotopic (exact) mass is 320 g/mol. The van der Waals surface area contributed by atoms with Gasteiger partial charge in [-0.05, 0) is 31.2 Å². The smallest absolute Gasteiger partial charge is 0.337 e. The van der Waals surface area contributed by atoms with Crippen molar-refractivity contribution in [1.29, 1.82) is 0 Å². The van der Waals surface area contributed by atoms with Crippen LogP contribution in [0.1, 0.15) is 16.2 Å². The van der Waals surface area contributed by atoms with Crippen LogP contribution in [-0.4, -0.2) is 37.3 Å². The van der Waals surface area contributed by atoms with Gasteiger partial charge >= 0.3 is 5.97 Å². The van der Waals surface area contributed by atoms with E-state index in [0.29, 0.717) is 12.3 Å². The van der Waals surface area contributed by atoms with Gasteiger partial charge in [0, 0.05) is 14.7 Å². The van der Waals surface area contributed by atoms with Crippen molar-refractivity contribution in [2.75, 3.05) is 13.7 Å². The molecule has 0 aliphatic heterocycles. The van der Waals surface area contributed by atoms with Crippen LogP contribution < -0.4 is 0 Å². The van der Waals surface area contributed by atoms with Crippen molar-refractivity contribution < 1.29 is 14.3 Å². The molecular formula is C16H24N2O3Si. The average Bonchev–Trinajstić information content (AvgIpc) is 2.76. The van der Waals surface area contributed by atoms with Crippen LogP contribution in [0.15, 0.2) is 18.2 Å². The molecule has 1 aromatic carbocycles. The van der Waals surface area contributed by atoms with Crippen molar-refractivity contribution in [3.8, 4) is 0 Å². The van der Waals surface area contributed by atoms with Gasteiger partial charge in [-0.15, -0.1) is 0 Å². The molecule has 0 atom stereocenters. The van der Waals surface area contributed by atoms with Crippen LogP contribution in [0.2, 0.25) is 25.7 Å². The summed E-state index contributed by atoms with van der Waals surface area (Å²) >= 11 is 0. The van der Waals surface area contributed by atoms with Gasteiger partial charge in [0.1, 0.15) is 12.6 Å². The first-order chi connectivity index (χ1) is 10.3. The van der Waals surface area contributed by atoms with Crippen molar-refractivity contribution in [3.05, 3.63) is 29.6 Å². The van der Waals surface area contributed by atoms with Crippen LogP contribution >= 0.6 is 0 Å². The Bertz CT molecular complexity index is 674. The first-order valence-electron chi connectivity index (χ1n) is 7.45. The number of hydrogen-bond acceptors (Lipinski definition) is 4. The van der Waals surface area contributed by atoms with Crippen LogP contribution in [0.3, 0.4) is 0 Å². The molecule has 0 aliphatic rings. The van der Waals surface area contributed by atoms with Crippen molar-refractivity contribution in [2.45, 2.75) is 39.3 Å². The summed E-state index contributed by atoms with van der Waals surface area (Å²) in [6.45, 7) is 10.2. The van der Waals surface area contributed by atoms with Gasteiger partial charge in [-0.3, -0.25) is 0 Å². The minimum absolute atomic E-state index is 0.347. The SMILES string of the molecule is COC(=O)c1ccc2c(c1)nc(C)n2COCC[Si](C)(C)C. The number of methoxy groups -OCH3 is 1. The highest BCUT2D eigenvalue weighted by molar-refractivity contribution is 6.76. The van der Waals surface area contributed by atoms with Crippen molar-refractivity contribution in [3.63, 3.8) is 0 Å². The second-order valence-corrected chi connectivity index (χ2v) is 12.3. The molecule has 0 N–H and O–H groups in total. The Morgan fingerprint density at radius 1 is 1.32 bits per heavy atom. The second-order valence-electron chi connectivity index (χ2n) is 6.63. The number of aromatic nitrogens is 2. The molecule has 1 heterocycles. The molecule has 2 rings (SSSR count). The highest BCUT2D eigenvalue weighted by Crippen LogP contribution is 2.18. The Morgan fingerprint density at radius 2 is 2.05 bits per heavy atom. The number of nitrogens with zero attached hydrogens (tertiary/aromatic N) is 2. The maximum atomic E-state index is 11.6. The standard InChI is InChI=1S/C16H24N2O3Si/c1-12-17-14-10-13(16(19)20-2)6-7-15(14)18(12)11-21-8-9-22(3,4)5/h6-7,10H,8-9,11H2,1-5H3. The summed E-state index contributed by atoms with van der Waals surface area (Å²) in [4.78, 5) is 16.1. The maximum absolute atomic E-state index is 11.6. The fraction of sp³-hybridized carbons (Fsp3) is 0.500. The van der Waals surface area contributed by atoms with Crippen molar-refractivity contribution in [1.82, 2.24) is 9.55 Å². The number of carbonyl (C=O) groups is 1. The van der Waals surface area contributed by atoms with Crippen molar-refractivity contribution >= 4 is 25.1 Å². The lowest BCUT2D eigenvalue weighted by Gasteiger charge is -2.16. The number of fused-ring (bicyclic) bond motifs is 1. The number of benzene rings is 1. The van der Waals surface area contributed by atoms with E-state index in [9.17, 15) is 4.79 Å². The van der Waals surface area contributed by atoms with Gasteiger partial charge in [0.15, 0.2) is 0 Å². The largest absolute Gasteiger partial charge is 0.465 e. The zero-order valence-corrected chi connectivity index (χ0v) is 15.0. The summed E-state index contributed by atoms with van der Waals surface area (Å²) in [5.74, 6) is 0.533. The number of rotatable bonds is 6. The third-order valence-corrected chi connectivity index (χ3v) is 5.28. The molecule has 0 radical (unpaired) electrons. The molecule has 0 saturated carbocycles. The molecule has 0 aliphatic carbocycles. The summed E-state index contributed by atoms with van der Waals surface area (Å²) in [5.41, 5.74) is 2.27. The van der Waals surface area contributed by atoms with E-state index >= 15 is 0 Å². The molecule has 0 bridgehead atoms. The summed E-state index contributed by atoms with van der Waals surface area (Å²) in [5, 5.41) is 0. The van der Waals surface area contributed by atoms with E-state index in [0.717, 1.165) is 29.5 Å². The van der Waals surface area contributed by atoms with Gasteiger partial charge in [-0.2, -0.15) is 0 Å². The van der Waals surface area contributed by atoms with Gasteiger partial charge in [-0.25, -0.2) is 9.78 Å². The Labute approximate surface area is 132 Å². The van der Waals surface area contributed by atoms with Crippen LogP contribution in [0, 0.1) is 6.92 Å². The van der Waals surface area contributed by atoms with E-state index in [1.807, 2.05) is 17.6 Å². The maximum Gasteiger partial charge on any atom is 0.337 e. The van der Waals surface area contributed by atoms with Crippen LogP contribution in [0.5, 0.6) is 0 Å². The van der Waals surface area contributed by atoms with Gasteiger partial charge < -0.3 is 14.0 Å². The number of ether oxygens (including phenoxy) is 2. The number of imidazole rings is 1. The summed E-state index contributed by atoms with van der Waals surface area (Å²) in [6.07, 6.45) is 0. The summed E-state index contributed by atoms with van der Waals surface area (Å²) in [6, 6.07) is 6.55. The lowest BCUT2D eigenvalue weighted by atomic mass is 10.2. The third-order valence-electron chi connectivity index (χ3n) is 3.58. The van der Waals surface area contributed by atoms with Gasteiger partial charge in [0.25, 0.3) is 0 Å². The van der Waals surface area contributed by atoms with Gasteiger partial charge in [0.05, 0.1) is 23.7 Å². The molecule has 22 heavy (non-hydrogen) atoms. The molecule has 0 fully saturated rings. The lowest BCUT2D eigenvalue weighted by Crippen LogP contribution is -2.22. The summed E-state index contributed by atoms with van der Waals surface area (Å²) in [7, 11) is 0.306. The predicted molar refractivity (Wildman–Crippen MR) is 89.9 cm³/mol. The zero-order valence-electron chi connectivity index (χ0n) is 14.0. The average molecular weight is 320 g/mol. The predicted octanol–water partition coefficient (Wildman–Crippen LogP) is 3.44. The minimum Gasteiger partial charge on any atom is -0.465 e. The molecule has 0 unspecified atom stereocenters. The Balaban J connectivity index is 2.13. The first kappa shape index (κ1) is 16.7. The Kier molecular flexibility index (Phi) is 5.03. The van der Waals surface area contributed by atoms with Crippen molar-refractivity contribution in [2.24, 2.45) is 0 Å². The Hall–Kier alpha value is -1.66. The number of aryl methyl sites for hydroxylation is 1. The molecular weight excluding hydrogens is 296 g/mol. The lowest BCUT2D eigenvalue weighted by molar-refractivity contribution is 0.0601. The van der Waals surface area contributed by atoms with E-state index in [2.05, 4.69) is 24.6 Å². The fourth-order valence-electron chi connectivity index (χ4n) is 2.19. The van der Waals surface area contributed by atoms with Crippen LogP contribution in [-0.2, 0) is 16.2 Å². The van der Waals surface area contributed by atoms with E-state index in [4.69, 9.17) is 9.47 Å². The van der Waals surface area contributed by atoms with Gasteiger partial charge in [0.2, 0.25) is 0 Å². The molecule has 2 aromatic rings. The molecule has 5 nitrogen and oxygen atoms in total. The number of carbonyl (C=O) groups excluding carboxylic acids is 1. The van der Waals surface area contributed by atoms with E-state index in [1.165, 1.54) is 7.11 Å². The molecule has 0 saturated heterocycles. The van der Waals surface area contributed by atoms with Crippen LogP contribution in [0.25, 0.3) is 11.0 Å². The third kappa shape index (κ3) is 3.95. The molecule has 6 heteroatoms. The molecule has 0 amide bonds. The molecule has 120 valence electrons. The zero-order chi connectivity index (χ0) is 16.3. The second kappa shape index (κ2) is 6.62. The van der Waals surface area contributed by atoms with E-state index < -0.39 is 8.07 Å². The van der Waals surface area contributed by atoms with Gasteiger partial charge in [-0.1, -0.05) is 19.6 Å². The van der Waals surface area contributed by atoms with E-state index in [-0.39, 0.29) is 5.97 Å². The molecule has 0 spiro atoms. The topological polar surface area (TPSA) is 53.3 Å². The fourth-order valence-corrected chi connectivity index (χ4v) is 2.95. The molecule has 1 aromatic heterocycles. The van der Waals surface area contributed by atoms with E-state index in [1.54, 1.807) is 12.1 Å². The minimum atomic E-state index is -1.07. The first-order valence-corrected chi connectivity index (χ1v) is 11.2. The number of esters is 1. The van der Waals surface area contributed by atoms with Crippen LogP contribution in [0.4, 0.5) is 0 Å². The highest BCUT2D eigenvalue weighted by Gasteiger charge is 2.14. The normalized spacial score (nSPS) is 11.9. The number of hydrogen-bond donors (Lipinski definition) is 0. The summed E-state index contributed by atoms with van der Waals surface area (Å²) < 4.78 is 12.6. The Morgan fingerprint density at radius 3 is 2.68 bits per heavy atom.